The van der Waals surface area contributed by atoms with Gasteiger partial charge in [0, 0.05) is 51.0 Å². The Balaban J connectivity index is 1.50. The van der Waals surface area contributed by atoms with Gasteiger partial charge in [0.2, 0.25) is 10.0 Å². The van der Waals surface area contributed by atoms with E-state index in [4.69, 9.17) is 19.5 Å². The van der Waals surface area contributed by atoms with Gasteiger partial charge in [0.25, 0.3) is 11.8 Å². The third-order valence-corrected chi connectivity index (χ3v) is 8.65. The second kappa shape index (κ2) is 14.3. The maximum atomic E-state index is 13.4. The molecule has 0 spiro atoms. The summed E-state index contributed by atoms with van der Waals surface area (Å²) in [6.07, 6.45) is -4.66. The van der Waals surface area contributed by atoms with Gasteiger partial charge in [-0.05, 0) is 31.5 Å². The number of halogens is 3. The molecule has 226 valence electrons. The number of anilines is 1. The van der Waals surface area contributed by atoms with Gasteiger partial charge in [-0.25, -0.2) is 13.3 Å². The van der Waals surface area contributed by atoms with Gasteiger partial charge in [-0.15, -0.1) is 0 Å². The molecule has 0 aliphatic carbocycles. The number of piperazine rings is 1. The summed E-state index contributed by atoms with van der Waals surface area (Å²) in [7, 11) is -1.95. The van der Waals surface area contributed by atoms with Crippen molar-refractivity contribution in [1.29, 1.82) is 5.26 Å². The Hall–Kier alpha value is -2.87. The third-order valence-electron chi connectivity index (χ3n) is 6.82. The lowest BCUT2D eigenvalue weighted by molar-refractivity contribution is -0.138. The summed E-state index contributed by atoms with van der Waals surface area (Å²) in [5, 5.41) is 9.01. The first-order chi connectivity index (χ1) is 19.4. The zero-order chi connectivity index (χ0) is 30.2. The molecule has 2 aliphatic heterocycles. The number of amides is 2. The minimum absolute atomic E-state index is 0.0416. The molecule has 0 N–H and O–H groups in total. The second-order valence-electron chi connectivity index (χ2n) is 9.41. The Morgan fingerprint density at radius 1 is 0.976 bits per heavy atom. The van der Waals surface area contributed by atoms with E-state index in [9.17, 15) is 31.2 Å². The molecule has 1 aromatic carbocycles. The highest BCUT2D eigenvalue weighted by atomic mass is 32.2. The monoisotopic (exact) mass is 602 g/mol. The molecule has 2 heterocycles. The van der Waals surface area contributed by atoms with Crippen molar-refractivity contribution >= 4 is 27.5 Å². The maximum absolute atomic E-state index is 13.4. The molecule has 41 heavy (non-hydrogen) atoms. The Labute approximate surface area is 237 Å². The van der Waals surface area contributed by atoms with Crippen LogP contribution >= 0.6 is 0 Å². The maximum Gasteiger partial charge on any atom is 0.417 e. The largest absolute Gasteiger partial charge is 0.417 e. The third kappa shape index (κ3) is 8.34. The lowest BCUT2D eigenvalue weighted by atomic mass is 10.1. The molecule has 0 bridgehead atoms. The fourth-order valence-electron chi connectivity index (χ4n) is 4.48. The fourth-order valence-corrected chi connectivity index (χ4v) is 5.78. The number of alkyl halides is 3. The van der Waals surface area contributed by atoms with Gasteiger partial charge in [-0.3, -0.25) is 9.59 Å². The number of imide groups is 1. The molecular weight excluding hydrogens is 569 g/mol. The van der Waals surface area contributed by atoms with Crippen LogP contribution in [0.3, 0.4) is 0 Å². The number of nitrogens with zero attached hydrogens (tertiary/aromatic N) is 4. The van der Waals surface area contributed by atoms with E-state index >= 15 is 0 Å². The first-order valence-electron chi connectivity index (χ1n) is 12.9. The van der Waals surface area contributed by atoms with Gasteiger partial charge in [0.15, 0.2) is 0 Å². The average Bonchev–Trinajstić information content (AvgIpc) is 3.15. The molecule has 0 radical (unpaired) electrons. The standard InChI is InChI=1S/C26H33F3N4O7S/c1-19-22(25(35)33(24(19)34)21-4-3-20(18-30)23(17-21)26(27,28)29)5-6-31-7-9-32(10-8-31)41(36,37)16-15-40-14-13-39-12-11-38-2/h3-4,17H,5-16H2,1-2H3. The average molecular weight is 603 g/mol. The van der Waals surface area contributed by atoms with Crippen LogP contribution < -0.4 is 4.90 Å². The van der Waals surface area contributed by atoms with E-state index in [1.807, 2.05) is 4.90 Å². The van der Waals surface area contributed by atoms with Gasteiger partial charge in [-0.2, -0.15) is 22.7 Å². The molecular formula is C26H33F3N4O7S. The lowest BCUT2D eigenvalue weighted by Crippen LogP contribution is -2.49. The number of ether oxygens (including phenoxy) is 3. The van der Waals surface area contributed by atoms with Crippen LogP contribution in [0.1, 0.15) is 24.5 Å². The summed E-state index contributed by atoms with van der Waals surface area (Å²) < 4.78 is 82.4. The zero-order valence-corrected chi connectivity index (χ0v) is 23.7. The number of carbonyl (C=O) groups excluding carboxylic acids is 2. The van der Waals surface area contributed by atoms with Crippen molar-refractivity contribution in [2.24, 2.45) is 0 Å². The number of benzene rings is 1. The van der Waals surface area contributed by atoms with Crippen molar-refractivity contribution in [2.75, 3.05) is 83.5 Å². The van der Waals surface area contributed by atoms with Crippen LogP contribution in [0.4, 0.5) is 18.9 Å². The Bertz CT molecular complexity index is 1290. The van der Waals surface area contributed by atoms with Crippen LogP contribution in [0.5, 0.6) is 0 Å². The summed E-state index contributed by atoms with van der Waals surface area (Å²) in [6.45, 7) is 4.70. The van der Waals surface area contributed by atoms with Crippen molar-refractivity contribution in [3.05, 3.63) is 40.5 Å². The summed E-state index contributed by atoms with van der Waals surface area (Å²) in [5.41, 5.74) is -1.77. The van der Waals surface area contributed by atoms with Crippen LogP contribution in [0.2, 0.25) is 0 Å². The van der Waals surface area contributed by atoms with Crippen molar-refractivity contribution in [2.45, 2.75) is 19.5 Å². The predicted octanol–water partition coefficient (Wildman–Crippen LogP) is 1.78. The highest BCUT2D eigenvalue weighted by Crippen LogP contribution is 2.36. The Morgan fingerprint density at radius 2 is 1.61 bits per heavy atom. The fraction of sp³-hybridized carbons (Fsp3) is 0.577. The molecule has 1 aromatic rings. The molecule has 0 aromatic heterocycles. The quantitative estimate of drug-likeness (QED) is 0.231. The van der Waals surface area contributed by atoms with E-state index in [1.165, 1.54) is 17.3 Å². The van der Waals surface area contributed by atoms with Crippen LogP contribution in [0.25, 0.3) is 0 Å². The van der Waals surface area contributed by atoms with Gasteiger partial charge in [-0.1, -0.05) is 0 Å². The van der Waals surface area contributed by atoms with E-state index < -0.39 is 39.1 Å². The normalized spacial score (nSPS) is 17.5. The number of hydrogen-bond donors (Lipinski definition) is 0. The summed E-state index contributed by atoms with van der Waals surface area (Å²) >= 11 is 0. The minimum Gasteiger partial charge on any atom is -0.382 e. The van der Waals surface area contributed by atoms with Crippen molar-refractivity contribution < 1.29 is 45.4 Å². The number of sulfonamides is 1. The van der Waals surface area contributed by atoms with Crippen LogP contribution in [-0.4, -0.2) is 108 Å². The number of hydrogen-bond acceptors (Lipinski definition) is 9. The first-order valence-corrected chi connectivity index (χ1v) is 14.6. The number of rotatable bonds is 14. The van der Waals surface area contributed by atoms with E-state index in [1.54, 1.807) is 7.11 Å². The van der Waals surface area contributed by atoms with E-state index in [2.05, 4.69) is 0 Å². The molecule has 0 saturated carbocycles. The van der Waals surface area contributed by atoms with Crippen molar-refractivity contribution in [1.82, 2.24) is 9.21 Å². The minimum atomic E-state index is -4.83. The number of methoxy groups -OCH3 is 1. The molecule has 0 atom stereocenters. The number of carbonyl (C=O) groups is 2. The molecule has 1 saturated heterocycles. The molecule has 2 aliphatic rings. The molecule has 3 rings (SSSR count). The molecule has 2 amide bonds. The predicted molar refractivity (Wildman–Crippen MR) is 141 cm³/mol. The highest BCUT2D eigenvalue weighted by Gasteiger charge is 2.40. The van der Waals surface area contributed by atoms with Crippen LogP contribution in [0, 0.1) is 11.3 Å². The van der Waals surface area contributed by atoms with Crippen molar-refractivity contribution in [3.8, 4) is 6.07 Å². The van der Waals surface area contributed by atoms with Gasteiger partial charge in [0.1, 0.15) is 0 Å². The Morgan fingerprint density at radius 3 is 2.22 bits per heavy atom. The summed E-state index contributed by atoms with van der Waals surface area (Å²) in [4.78, 5) is 28.6. The topological polar surface area (TPSA) is 129 Å². The smallest absolute Gasteiger partial charge is 0.382 e. The Kier molecular flexibility index (Phi) is 11.4. The highest BCUT2D eigenvalue weighted by molar-refractivity contribution is 7.89. The van der Waals surface area contributed by atoms with Crippen LogP contribution in [0.15, 0.2) is 29.3 Å². The molecule has 15 heteroatoms. The van der Waals surface area contributed by atoms with Crippen LogP contribution in [-0.2, 0) is 40.0 Å². The van der Waals surface area contributed by atoms with E-state index in [-0.39, 0.29) is 55.3 Å². The van der Waals surface area contributed by atoms with Gasteiger partial charge < -0.3 is 19.1 Å². The summed E-state index contributed by atoms with van der Waals surface area (Å²) in [5.74, 6) is -1.59. The van der Waals surface area contributed by atoms with E-state index in [0.29, 0.717) is 50.4 Å². The molecule has 1 fully saturated rings. The van der Waals surface area contributed by atoms with Gasteiger partial charge >= 0.3 is 6.18 Å². The summed E-state index contributed by atoms with van der Waals surface area (Å²) in [6, 6.07) is 4.18. The molecule has 11 nitrogen and oxygen atoms in total. The lowest BCUT2D eigenvalue weighted by Gasteiger charge is -2.34. The SMILES string of the molecule is COCCOCCOCCS(=O)(=O)N1CCN(CCC2=C(C)C(=O)N(c3ccc(C#N)c(C(F)(F)F)c3)C2=O)CC1. The first kappa shape index (κ1) is 32.6. The van der Waals surface area contributed by atoms with E-state index in [0.717, 1.165) is 12.1 Å². The van der Waals surface area contributed by atoms with Crippen molar-refractivity contribution in [3.63, 3.8) is 0 Å². The zero-order valence-electron chi connectivity index (χ0n) is 22.9. The second-order valence-corrected chi connectivity index (χ2v) is 11.5. The van der Waals surface area contributed by atoms with Gasteiger partial charge in [0.05, 0.1) is 61.7 Å². The number of nitriles is 1. The molecule has 0 unspecified atom stereocenters.